The summed E-state index contributed by atoms with van der Waals surface area (Å²) in [4.78, 5) is 18.0. The molecule has 6 heterocycles. The Hall–Kier alpha value is -3.42. The third-order valence-electron chi connectivity index (χ3n) is 10.2. The molecule has 2 bridgehead atoms. The highest BCUT2D eigenvalue weighted by Crippen LogP contribution is 2.45. The fraction of sp³-hybridized carbons (Fsp3) is 0.531. The van der Waals surface area contributed by atoms with Gasteiger partial charge in [-0.1, -0.05) is 11.6 Å². The van der Waals surface area contributed by atoms with Crippen molar-refractivity contribution >= 4 is 28.3 Å². The molecule has 2 unspecified atom stereocenters. The average Bonchev–Trinajstić information content (AvgIpc) is 3.64. The van der Waals surface area contributed by atoms with E-state index < -0.39 is 29.7 Å². The zero-order chi connectivity index (χ0) is 31.7. The zero-order valence-electron chi connectivity index (χ0n) is 24.9. The molecule has 1 saturated carbocycles. The summed E-state index contributed by atoms with van der Waals surface area (Å²) in [5, 5.41) is 14.4. The Kier molecular flexibility index (Phi) is 7.41. The number of benzene rings is 1. The fourth-order valence-corrected chi connectivity index (χ4v) is 8.16. The van der Waals surface area contributed by atoms with Crippen molar-refractivity contribution in [3.05, 3.63) is 40.8 Å². The second-order valence-corrected chi connectivity index (χ2v) is 13.6. The third-order valence-corrected chi connectivity index (χ3v) is 10.5. The van der Waals surface area contributed by atoms with E-state index in [2.05, 4.69) is 25.1 Å². The van der Waals surface area contributed by atoms with Gasteiger partial charge in [-0.15, -0.1) is 0 Å². The lowest BCUT2D eigenvalue weighted by Gasteiger charge is -2.34. The molecular weight excluding hydrogens is 628 g/mol. The number of nitrogens with zero attached hydrogens (tertiary/aromatic N) is 5. The molecule has 5 fully saturated rings. The Morgan fingerprint density at radius 1 is 1.13 bits per heavy atom. The molecule has 2 N–H and O–H groups in total. The molecule has 46 heavy (non-hydrogen) atoms. The minimum Gasteiger partial charge on any atom is -0.508 e. The molecule has 0 radical (unpaired) electrons. The van der Waals surface area contributed by atoms with Crippen LogP contribution >= 0.6 is 11.6 Å². The van der Waals surface area contributed by atoms with E-state index in [4.69, 9.17) is 26.1 Å². The van der Waals surface area contributed by atoms with E-state index in [1.165, 1.54) is 18.3 Å². The summed E-state index contributed by atoms with van der Waals surface area (Å²) in [6, 6.07) is 3.06. The number of fused-ring (bicyclic) bond motifs is 4. The van der Waals surface area contributed by atoms with Gasteiger partial charge in [0.15, 0.2) is 5.82 Å². The van der Waals surface area contributed by atoms with Gasteiger partial charge in [-0.2, -0.15) is 18.7 Å². The standard InChI is InChI=1S/C32H33ClF4N6O3/c33-24-9-20(44)8-22(28(24)46-21-6-16(7-21)29(36)37)26-25(35)27-23(11-38-26)30(42-13-18-2-3-19(14-42)39-18)41-31(40-27)45-15-32-4-1-5-43(32)12-17(34)10-32/h8-9,11,17-19,21,39,44H,1-7,10,12-15H2/t17-,18?,19?,32+/m1/s1. The molecule has 2 aromatic heterocycles. The molecule has 1 aromatic carbocycles. The van der Waals surface area contributed by atoms with Gasteiger partial charge in [0, 0.05) is 68.8 Å². The molecule has 8 rings (SSSR count). The first kappa shape index (κ1) is 29.9. The van der Waals surface area contributed by atoms with Gasteiger partial charge in [-0.3, -0.25) is 9.88 Å². The first-order valence-corrected chi connectivity index (χ1v) is 16.2. The van der Waals surface area contributed by atoms with Crippen LogP contribution in [0.1, 0.15) is 44.9 Å². The Morgan fingerprint density at radius 2 is 1.91 bits per heavy atom. The highest BCUT2D eigenvalue weighted by molar-refractivity contribution is 6.32. The molecule has 1 aliphatic carbocycles. The summed E-state index contributed by atoms with van der Waals surface area (Å²) >= 11 is 6.44. The molecule has 9 nitrogen and oxygen atoms in total. The van der Waals surface area contributed by atoms with Crippen LogP contribution in [0.5, 0.6) is 17.5 Å². The van der Waals surface area contributed by atoms with Gasteiger partial charge in [0.2, 0.25) is 0 Å². The quantitative estimate of drug-likeness (QED) is 0.306. The van der Waals surface area contributed by atoms with Crippen molar-refractivity contribution in [1.29, 1.82) is 0 Å². The number of phenolic OH excluding ortho intramolecular Hbond substituents is 1. The number of aromatic nitrogens is 3. The predicted molar refractivity (Wildman–Crippen MR) is 163 cm³/mol. The number of hydrogen-bond acceptors (Lipinski definition) is 9. The van der Waals surface area contributed by atoms with Crippen molar-refractivity contribution in [2.45, 2.75) is 74.8 Å². The van der Waals surface area contributed by atoms with Crippen LogP contribution in [0.4, 0.5) is 23.4 Å². The number of rotatable bonds is 7. The van der Waals surface area contributed by atoms with Crippen LogP contribution in [0.3, 0.4) is 0 Å². The van der Waals surface area contributed by atoms with Crippen molar-refractivity contribution in [2.24, 2.45) is 0 Å². The lowest BCUT2D eigenvalue weighted by molar-refractivity contribution is 0.107. The largest absolute Gasteiger partial charge is 0.508 e. The van der Waals surface area contributed by atoms with Crippen molar-refractivity contribution in [3.8, 4) is 28.8 Å². The molecule has 244 valence electrons. The van der Waals surface area contributed by atoms with Crippen LogP contribution < -0.4 is 19.7 Å². The molecule has 4 atom stereocenters. The Bertz CT molecular complexity index is 1720. The van der Waals surface area contributed by atoms with E-state index in [0.717, 1.165) is 32.2 Å². The Morgan fingerprint density at radius 3 is 2.67 bits per heavy atom. The number of halogens is 5. The number of alkyl halides is 1. The smallest absolute Gasteiger partial charge is 0.319 e. The van der Waals surface area contributed by atoms with Gasteiger partial charge in [-0.25, -0.2) is 8.78 Å². The monoisotopic (exact) mass is 660 g/mol. The Balaban J connectivity index is 1.19. The number of nitrogens with one attached hydrogen (secondary N) is 1. The molecule has 4 saturated heterocycles. The van der Waals surface area contributed by atoms with Crippen LogP contribution in [0, 0.1) is 5.82 Å². The lowest BCUT2D eigenvalue weighted by Crippen LogP contribution is -2.51. The summed E-state index contributed by atoms with van der Waals surface area (Å²) in [5.41, 5.74) is -0.606. The van der Waals surface area contributed by atoms with Crippen LogP contribution in [0.15, 0.2) is 30.0 Å². The molecular formula is C32H33ClF4N6O3. The van der Waals surface area contributed by atoms with Gasteiger partial charge in [0.1, 0.15) is 47.4 Å². The number of pyridine rings is 1. The van der Waals surface area contributed by atoms with Crippen LogP contribution in [-0.2, 0) is 0 Å². The van der Waals surface area contributed by atoms with Crippen molar-refractivity contribution in [3.63, 3.8) is 0 Å². The summed E-state index contributed by atoms with van der Waals surface area (Å²) in [6.45, 7) is 2.70. The normalized spacial score (nSPS) is 28.9. The second-order valence-electron chi connectivity index (χ2n) is 13.2. The van der Waals surface area contributed by atoms with Crippen molar-refractivity contribution in [2.75, 3.05) is 37.7 Å². The Labute approximate surface area is 267 Å². The first-order chi connectivity index (χ1) is 22.2. The van der Waals surface area contributed by atoms with Crippen molar-refractivity contribution < 1.29 is 32.1 Å². The second kappa shape index (κ2) is 11.4. The third kappa shape index (κ3) is 5.20. The molecule has 0 spiro atoms. The number of aromatic hydroxyl groups is 1. The minimum atomic E-state index is -1.73. The van der Waals surface area contributed by atoms with Crippen molar-refractivity contribution in [1.82, 2.24) is 25.2 Å². The fourth-order valence-electron chi connectivity index (χ4n) is 7.90. The maximum atomic E-state index is 16.7. The molecule has 14 heteroatoms. The number of phenols is 1. The van der Waals surface area contributed by atoms with E-state index in [0.29, 0.717) is 37.3 Å². The molecule has 5 aliphatic rings. The topological polar surface area (TPSA) is 95.9 Å². The minimum absolute atomic E-state index is 0.00512. The highest BCUT2D eigenvalue weighted by Gasteiger charge is 2.49. The maximum absolute atomic E-state index is 16.7. The van der Waals surface area contributed by atoms with Gasteiger partial charge in [-0.05, 0) is 38.3 Å². The number of ether oxygens (including phenoxy) is 2. The van der Waals surface area contributed by atoms with Gasteiger partial charge in [0.25, 0.3) is 6.08 Å². The number of anilines is 1. The van der Waals surface area contributed by atoms with E-state index in [9.17, 15) is 18.3 Å². The van der Waals surface area contributed by atoms with E-state index >= 15 is 4.39 Å². The van der Waals surface area contributed by atoms with Crippen LogP contribution in [-0.4, -0.2) is 87.6 Å². The summed E-state index contributed by atoms with van der Waals surface area (Å²) in [5.74, 6) is -0.519. The zero-order valence-corrected chi connectivity index (χ0v) is 25.7. The molecule has 0 amide bonds. The summed E-state index contributed by atoms with van der Waals surface area (Å²) in [7, 11) is 0. The SMILES string of the molecule is Oc1cc(Cl)c(OC2CC(=C(F)F)C2)c(-c2ncc3c(N4CC5CCC(C4)N5)nc(OC[C@@]45CCCN4C[C@H](F)C5)nc3c2F)c1. The highest BCUT2D eigenvalue weighted by atomic mass is 35.5. The van der Waals surface area contributed by atoms with Crippen LogP contribution in [0.25, 0.3) is 22.2 Å². The van der Waals surface area contributed by atoms with E-state index in [-0.39, 0.29) is 76.4 Å². The predicted octanol–water partition coefficient (Wildman–Crippen LogP) is 5.78. The van der Waals surface area contributed by atoms with Gasteiger partial charge >= 0.3 is 6.01 Å². The van der Waals surface area contributed by atoms with Crippen LogP contribution in [0.2, 0.25) is 5.02 Å². The van der Waals surface area contributed by atoms with E-state index in [1.807, 2.05) is 0 Å². The first-order valence-electron chi connectivity index (χ1n) is 15.8. The summed E-state index contributed by atoms with van der Waals surface area (Å²) in [6.07, 6.45) is 2.45. The van der Waals surface area contributed by atoms with Gasteiger partial charge < -0.3 is 24.8 Å². The number of piperazine rings is 1. The van der Waals surface area contributed by atoms with Gasteiger partial charge in [0.05, 0.1) is 21.5 Å². The molecule has 3 aromatic rings. The van der Waals surface area contributed by atoms with E-state index in [1.54, 1.807) is 0 Å². The lowest BCUT2D eigenvalue weighted by atomic mass is 9.89. The number of hydrogen-bond donors (Lipinski definition) is 2. The maximum Gasteiger partial charge on any atom is 0.319 e. The average molecular weight is 661 g/mol. The summed E-state index contributed by atoms with van der Waals surface area (Å²) < 4.78 is 69.3. The molecule has 4 aliphatic heterocycles.